The van der Waals surface area contributed by atoms with Gasteiger partial charge >= 0.3 is 6.18 Å². The third-order valence-electron chi connectivity index (χ3n) is 4.61. The molecule has 0 fully saturated rings. The van der Waals surface area contributed by atoms with Gasteiger partial charge in [-0.1, -0.05) is 39.7 Å². The van der Waals surface area contributed by atoms with E-state index in [0.717, 1.165) is 16.6 Å². The molecular weight excluding hydrogens is 539 g/mol. The van der Waals surface area contributed by atoms with Gasteiger partial charge in [0.15, 0.2) is 12.4 Å². The zero-order valence-electron chi connectivity index (χ0n) is 17.3. The predicted molar refractivity (Wildman–Crippen MR) is 123 cm³/mol. The van der Waals surface area contributed by atoms with Crippen LogP contribution < -0.4 is 10.1 Å². The Morgan fingerprint density at radius 3 is 2.74 bits per heavy atom. The maximum Gasteiger partial charge on any atom is 0.416 e. The molecule has 0 aliphatic heterocycles. The number of aromatic nitrogens is 4. The number of carbonyl (C=O) groups excluding carboxylic acids is 1. The lowest BCUT2D eigenvalue weighted by Crippen LogP contribution is -2.14. The molecule has 176 valence electrons. The Balaban J connectivity index is 1.35. The van der Waals surface area contributed by atoms with Gasteiger partial charge < -0.3 is 10.1 Å². The summed E-state index contributed by atoms with van der Waals surface area (Å²) >= 11 is 9.43. The fraction of sp³-hybridized carbons (Fsp3) is 0.136. The van der Waals surface area contributed by atoms with Crippen molar-refractivity contribution in [3.05, 3.63) is 93.4 Å². The molecule has 34 heavy (non-hydrogen) atoms. The van der Waals surface area contributed by atoms with Crippen LogP contribution in [-0.4, -0.2) is 25.5 Å². The molecule has 12 heteroatoms. The maximum absolute atomic E-state index is 12.9. The molecule has 1 N–H and O–H groups in total. The lowest BCUT2D eigenvalue weighted by Gasteiger charge is -2.08. The maximum atomic E-state index is 12.9. The summed E-state index contributed by atoms with van der Waals surface area (Å²) in [6.07, 6.45) is 0.0892. The van der Waals surface area contributed by atoms with Crippen LogP contribution in [-0.2, 0) is 19.5 Å². The van der Waals surface area contributed by atoms with Crippen LogP contribution in [0.15, 0.2) is 71.6 Å². The standard InChI is InChI=1S/C22H16BrClF3N5O2/c23-16-4-5-20(18(24)9-16)34-13-31-7-6-19(30-31)21(33)29-17-10-28-32(12-17)11-14-2-1-3-15(8-14)22(25,26)27/h1-10,12H,11,13H2,(H,29,33). The van der Waals surface area contributed by atoms with Crippen LogP contribution in [0.25, 0.3) is 0 Å². The van der Waals surface area contributed by atoms with Gasteiger partial charge in [-0.3, -0.25) is 9.48 Å². The van der Waals surface area contributed by atoms with Crippen molar-refractivity contribution in [1.82, 2.24) is 19.6 Å². The molecule has 7 nitrogen and oxygen atoms in total. The van der Waals surface area contributed by atoms with E-state index >= 15 is 0 Å². The smallest absolute Gasteiger partial charge is 0.416 e. The molecule has 1 amide bonds. The molecule has 0 atom stereocenters. The van der Waals surface area contributed by atoms with Crippen LogP contribution in [0.3, 0.4) is 0 Å². The van der Waals surface area contributed by atoms with Gasteiger partial charge in [0.2, 0.25) is 0 Å². The Labute approximate surface area is 205 Å². The summed E-state index contributed by atoms with van der Waals surface area (Å²) in [7, 11) is 0. The van der Waals surface area contributed by atoms with E-state index in [1.165, 1.54) is 33.9 Å². The first-order valence-electron chi connectivity index (χ1n) is 9.78. The van der Waals surface area contributed by atoms with Crippen LogP contribution in [0.2, 0.25) is 5.02 Å². The van der Waals surface area contributed by atoms with E-state index in [9.17, 15) is 18.0 Å². The lowest BCUT2D eigenvalue weighted by atomic mass is 10.1. The number of ether oxygens (including phenoxy) is 1. The Bertz CT molecular complexity index is 1320. The number of anilines is 1. The first kappa shape index (κ1) is 23.8. The fourth-order valence-electron chi connectivity index (χ4n) is 3.03. The highest BCUT2D eigenvalue weighted by Gasteiger charge is 2.30. The minimum atomic E-state index is -4.42. The first-order chi connectivity index (χ1) is 16.2. The summed E-state index contributed by atoms with van der Waals surface area (Å²) in [4.78, 5) is 12.5. The third kappa shape index (κ3) is 5.97. The number of amides is 1. The molecule has 2 aromatic carbocycles. The van der Waals surface area contributed by atoms with E-state index in [-0.39, 0.29) is 19.0 Å². The molecule has 0 unspecified atom stereocenters. The lowest BCUT2D eigenvalue weighted by molar-refractivity contribution is -0.137. The summed E-state index contributed by atoms with van der Waals surface area (Å²) in [5.74, 6) is -0.00130. The van der Waals surface area contributed by atoms with Crippen molar-refractivity contribution in [3.63, 3.8) is 0 Å². The van der Waals surface area contributed by atoms with Crippen molar-refractivity contribution in [2.24, 2.45) is 0 Å². The summed E-state index contributed by atoms with van der Waals surface area (Å²) < 4.78 is 48.0. The zero-order valence-corrected chi connectivity index (χ0v) is 19.6. The van der Waals surface area contributed by atoms with Gasteiger partial charge in [0, 0.05) is 16.9 Å². The number of alkyl halides is 3. The molecular formula is C22H16BrClF3N5O2. The average molecular weight is 555 g/mol. The van der Waals surface area contributed by atoms with Crippen LogP contribution in [0.5, 0.6) is 5.75 Å². The van der Waals surface area contributed by atoms with Gasteiger partial charge in [-0.05, 0) is 42.0 Å². The highest BCUT2D eigenvalue weighted by molar-refractivity contribution is 9.10. The van der Waals surface area contributed by atoms with Crippen LogP contribution >= 0.6 is 27.5 Å². The number of nitrogens with one attached hydrogen (secondary N) is 1. The molecule has 2 heterocycles. The van der Waals surface area contributed by atoms with Crippen molar-refractivity contribution in [1.29, 1.82) is 0 Å². The molecule has 0 saturated heterocycles. The Morgan fingerprint density at radius 2 is 1.97 bits per heavy atom. The minimum Gasteiger partial charge on any atom is -0.470 e. The molecule has 0 saturated carbocycles. The molecule has 4 rings (SSSR count). The van der Waals surface area contributed by atoms with Crippen LogP contribution in [0, 0.1) is 0 Å². The van der Waals surface area contributed by atoms with Crippen molar-refractivity contribution in [2.75, 3.05) is 5.32 Å². The number of carbonyl (C=O) groups is 1. The highest BCUT2D eigenvalue weighted by atomic mass is 79.9. The number of halogens is 5. The average Bonchev–Trinajstić information content (AvgIpc) is 3.42. The summed E-state index contributed by atoms with van der Waals surface area (Å²) in [5.41, 5.74) is 0.230. The second-order valence-electron chi connectivity index (χ2n) is 7.17. The highest BCUT2D eigenvalue weighted by Crippen LogP contribution is 2.30. The molecule has 4 aromatic rings. The summed E-state index contributed by atoms with van der Waals surface area (Å²) in [5, 5.41) is 11.4. The van der Waals surface area contributed by atoms with Crippen molar-refractivity contribution in [3.8, 4) is 5.75 Å². The van der Waals surface area contributed by atoms with Gasteiger partial charge in [0.1, 0.15) is 5.75 Å². The van der Waals surface area contributed by atoms with Gasteiger partial charge in [0.25, 0.3) is 5.91 Å². The Hall–Kier alpha value is -3.31. The molecule has 0 aliphatic rings. The third-order valence-corrected chi connectivity index (χ3v) is 5.40. The second kappa shape index (κ2) is 9.90. The normalized spacial score (nSPS) is 11.4. The van der Waals surface area contributed by atoms with E-state index < -0.39 is 17.6 Å². The number of benzene rings is 2. The first-order valence-corrected chi connectivity index (χ1v) is 11.0. The molecule has 0 aliphatic carbocycles. The Morgan fingerprint density at radius 1 is 1.15 bits per heavy atom. The van der Waals surface area contributed by atoms with E-state index in [4.69, 9.17) is 16.3 Å². The molecule has 0 radical (unpaired) electrons. The topological polar surface area (TPSA) is 74.0 Å². The Kier molecular flexibility index (Phi) is 6.94. The summed E-state index contributed by atoms with van der Waals surface area (Å²) in [6, 6.07) is 11.7. The molecule has 0 bridgehead atoms. The largest absolute Gasteiger partial charge is 0.470 e. The van der Waals surface area contributed by atoms with Crippen molar-refractivity contribution in [2.45, 2.75) is 19.5 Å². The van der Waals surface area contributed by atoms with Gasteiger partial charge in [-0.25, -0.2) is 4.68 Å². The van der Waals surface area contributed by atoms with Crippen molar-refractivity contribution >= 4 is 39.1 Å². The van der Waals surface area contributed by atoms with Crippen LogP contribution in [0.4, 0.5) is 18.9 Å². The van der Waals surface area contributed by atoms with E-state index in [1.807, 2.05) is 0 Å². The minimum absolute atomic E-state index is 0.0452. The molecule has 2 aromatic heterocycles. The quantitative estimate of drug-likeness (QED) is 0.311. The second-order valence-corrected chi connectivity index (χ2v) is 8.49. The number of nitrogens with zero attached hydrogens (tertiary/aromatic N) is 4. The van der Waals surface area contributed by atoms with E-state index in [2.05, 4.69) is 31.4 Å². The van der Waals surface area contributed by atoms with Gasteiger partial charge in [0.05, 0.1) is 29.0 Å². The van der Waals surface area contributed by atoms with Gasteiger partial charge in [-0.15, -0.1) is 0 Å². The van der Waals surface area contributed by atoms with E-state index in [1.54, 1.807) is 30.5 Å². The van der Waals surface area contributed by atoms with Crippen molar-refractivity contribution < 1.29 is 22.7 Å². The fourth-order valence-corrected chi connectivity index (χ4v) is 3.75. The van der Waals surface area contributed by atoms with Crippen LogP contribution in [0.1, 0.15) is 21.6 Å². The number of hydrogen-bond donors (Lipinski definition) is 1. The predicted octanol–water partition coefficient (Wildman–Crippen LogP) is 5.85. The SMILES string of the molecule is O=C(Nc1cnn(Cc2cccc(C(F)(F)F)c2)c1)c1ccn(COc2ccc(Br)cc2Cl)n1. The van der Waals surface area contributed by atoms with Gasteiger partial charge in [-0.2, -0.15) is 23.4 Å². The van der Waals surface area contributed by atoms with E-state index in [0.29, 0.717) is 22.0 Å². The number of rotatable bonds is 7. The monoisotopic (exact) mass is 553 g/mol. The summed E-state index contributed by atoms with van der Waals surface area (Å²) in [6.45, 7) is 0.161. The number of hydrogen-bond acceptors (Lipinski definition) is 4. The zero-order chi connectivity index (χ0) is 24.3. The molecule has 0 spiro atoms.